The summed E-state index contributed by atoms with van der Waals surface area (Å²) in [6.45, 7) is 3.19. The Labute approximate surface area is 274 Å². The highest BCUT2D eigenvalue weighted by Crippen LogP contribution is 2.47. The van der Waals surface area contributed by atoms with Gasteiger partial charge >= 0.3 is 0 Å². The van der Waals surface area contributed by atoms with Crippen LogP contribution < -0.4 is 14.4 Å². The van der Waals surface area contributed by atoms with Crippen molar-refractivity contribution in [2.24, 2.45) is 0 Å². The van der Waals surface area contributed by atoms with Crippen LogP contribution in [0.5, 0.6) is 5.75 Å². The van der Waals surface area contributed by atoms with Crippen LogP contribution in [-0.2, 0) is 10.0 Å². The fraction of sp³-hybridized carbons (Fsp3) is 0.200. The van der Waals surface area contributed by atoms with Crippen molar-refractivity contribution < 1.29 is 36.3 Å². The molecule has 4 heterocycles. The Balaban J connectivity index is 1.51. The number of furan rings is 1. The summed E-state index contributed by atoms with van der Waals surface area (Å²) in [5.74, 6) is -0.894. The number of nitrogens with zero attached hydrogens (tertiary/aromatic N) is 3. The topological polar surface area (TPSA) is 127 Å². The molecule has 7 rings (SSSR count). The number of hydrogen-bond donors (Lipinski definition) is 2. The number of ether oxygens (including phenoxy) is 1. The molecule has 10 nitrogen and oxygen atoms in total. The lowest BCUT2D eigenvalue weighted by atomic mass is 10.00. The minimum atomic E-state index is -3.80. The molecular formula is C35H30F2N4O6S. The van der Waals surface area contributed by atoms with Crippen molar-refractivity contribution >= 4 is 43.5 Å². The summed E-state index contributed by atoms with van der Waals surface area (Å²) in [6, 6.07) is 18.2. The number of rotatable bonds is 6. The molecule has 1 atom stereocenters. The van der Waals surface area contributed by atoms with Crippen LogP contribution in [-0.4, -0.2) is 54.9 Å². The third-order valence-electron chi connectivity index (χ3n) is 8.49. The molecule has 0 spiro atoms. The van der Waals surface area contributed by atoms with Crippen molar-refractivity contribution in [2.75, 3.05) is 24.7 Å². The number of aromatic nitrogens is 2. The molecule has 3 aromatic heterocycles. The minimum absolute atomic E-state index is 0.166. The average Bonchev–Trinajstić information content (AvgIpc) is 3.62. The molecule has 6 aromatic rings. The number of anilines is 1. The van der Waals surface area contributed by atoms with E-state index in [0.29, 0.717) is 50.2 Å². The van der Waals surface area contributed by atoms with Crippen LogP contribution in [0, 0.1) is 11.6 Å². The molecule has 48 heavy (non-hydrogen) atoms. The second-order valence-corrected chi connectivity index (χ2v) is 14.2. The molecule has 3 aromatic carbocycles. The largest absolute Gasteiger partial charge is 0.465 e. The highest BCUT2D eigenvalue weighted by molar-refractivity contribution is 7.92. The average molecular weight is 673 g/mol. The first-order valence-corrected chi connectivity index (χ1v) is 16.7. The van der Waals surface area contributed by atoms with E-state index in [1.165, 1.54) is 50.5 Å². The van der Waals surface area contributed by atoms with Gasteiger partial charge in [-0.15, -0.1) is 0 Å². The van der Waals surface area contributed by atoms with E-state index in [2.05, 4.69) is 5.32 Å². The first-order chi connectivity index (χ1) is 22.7. The van der Waals surface area contributed by atoms with Gasteiger partial charge in [-0.25, -0.2) is 22.2 Å². The summed E-state index contributed by atoms with van der Waals surface area (Å²) in [4.78, 5) is 18.2. The van der Waals surface area contributed by atoms with E-state index in [1.807, 2.05) is 0 Å². The smallest absolute Gasteiger partial charge is 0.255 e. The van der Waals surface area contributed by atoms with Gasteiger partial charge in [-0.05, 0) is 74.5 Å². The van der Waals surface area contributed by atoms with Crippen LogP contribution in [0.3, 0.4) is 0 Å². The van der Waals surface area contributed by atoms with E-state index in [-0.39, 0.29) is 22.6 Å². The Morgan fingerprint density at radius 3 is 2.44 bits per heavy atom. The molecule has 0 aliphatic carbocycles. The van der Waals surface area contributed by atoms with Gasteiger partial charge in [0.2, 0.25) is 16.3 Å². The maximum atomic E-state index is 15.0. The minimum Gasteiger partial charge on any atom is -0.465 e. The number of sulfonamides is 1. The zero-order valence-corrected chi connectivity index (χ0v) is 27.3. The fourth-order valence-corrected chi connectivity index (χ4v) is 6.60. The molecule has 1 aliphatic heterocycles. The molecule has 0 saturated heterocycles. The second-order valence-electron chi connectivity index (χ2n) is 12.2. The second kappa shape index (κ2) is 10.9. The lowest BCUT2D eigenvalue weighted by Crippen LogP contribution is -2.39. The Morgan fingerprint density at radius 2 is 1.77 bits per heavy atom. The number of hydrogen-bond acceptors (Lipinski definition) is 7. The van der Waals surface area contributed by atoms with Crippen LogP contribution in [0.2, 0.25) is 0 Å². The Bertz CT molecular complexity index is 2390. The Kier molecular flexibility index (Phi) is 7.11. The summed E-state index contributed by atoms with van der Waals surface area (Å²) < 4.78 is 69.8. The van der Waals surface area contributed by atoms with Gasteiger partial charge in [-0.2, -0.15) is 0 Å². The summed E-state index contributed by atoms with van der Waals surface area (Å²) in [5.41, 5.74) is 1.62. The SMILES string of the molecule is CNC(=O)c1c(-c2ccc(F)cc2)oc2cc(N(C)S(C)(=O)=O)c(-c3ccc4c(n3)-c3cc5c(F)cccc5n3C(C(C)(C)O)O4)cc12. The number of carbonyl (C=O) groups excluding carboxylic acids is 1. The number of halogens is 2. The van der Waals surface area contributed by atoms with E-state index in [9.17, 15) is 22.7 Å². The number of benzene rings is 3. The molecule has 13 heteroatoms. The van der Waals surface area contributed by atoms with Crippen molar-refractivity contribution in [2.45, 2.75) is 25.7 Å². The van der Waals surface area contributed by atoms with Gasteiger partial charge in [0.05, 0.1) is 34.4 Å². The van der Waals surface area contributed by atoms with Gasteiger partial charge in [0.25, 0.3) is 5.91 Å². The molecule has 0 saturated carbocycles. The van der Waals surface area contributed by atoms with Crippen LogP contribution in [0.25, 0.3) is 55.8 Å². The summed E-state index contributed by atoms with van der Waals surface area (Å²) >= 11 is 0. The molecular weight excluding hydrogens is 642 g/mol. The molecule has 0 fully saturated rings. The van der Waals surface area contributed by atoms with Crippen LogP contribution in [0.15, 0.2) is 77.2 Å². The Hall–Kier alpha value is -5.27. The summed E-state index contributed by atoms with van der Waals surface area (Å²) in [6.07, 6.45) is 0.141. The molecule has 0 radical (unpaired) electrons. The van der Waals surface area contributed by atoms with Crippen molar-refractivity contribution in [3.8, 4) is 39.7 Å². The van der Waals surface area contributed by atoms with Crippen LogP contribution in [0.1, 0.15) is 30.4 Å². The van der Waals surface area contributed by atoms with E-state index in [4.69, 9.17) is 14.1 Å². The van der Waals surface area contributed by atoms with Crippen molar-refractivity contribution in [1.82, 2.24) is 14.9 Å². The zero-order chi connectivity index (χ0) is 34.3. The highest BCUT2D eigenvalue weighted by Gasteiger charge is 2.39. The summed E-state index contributed by atoms with van der Waals surface area (Å²) in [5, 5.41) is 14.4. The van der Waals surface area contributed by atoms with E-state index >= 15 is 4.39 Å². The number of fused-ring (bicyclic) bond motifs is 6. The lowest BCUT2D eigenvalue weighted by Gasteiger charge is -2.36. The summed E-state index contributed by atoms with van der Waals surface area (Å²) in [7, 11) is -0.946. The van der Waals surface area contributed by atoms with Crippen LogP contribution >= 0.6 is 0 Å². The van der Waals surface area contributed by atoms with Crippen molar-refractivity contribution in [3.63, 3.8) is 0 Å². The predicted molar refractivity (Wildman–Crippen MR) is 178 cm³/mol. The molecule has 1 amide bonds. The normalized spacial score (nSPS) is 14.5. The first kappa shape index (κ1) is 31.3. The van der Waals surface area contributed by atoms with Gasteiger partial charge in [-0.1, -0.05) is 6.07 Å². The predicted octanol–water partition coefficient (Wildman–Crippen LogP) is 6.48. The van der Waals surface area contributed by atoms with Gasteiger partial charge in [-0.3, -0.25) is 9.10 Å². The van der Waals surface area contributed by atoms with E-state index in [1.54, 1.807) is 54.8 Å². The first-order valence-electron chi connectivity index (χ1n) is 14.9. The molecule has 246 valence electrons. The molecule has 1 unspecified atom stereocenters. The van der Waals surface area contributed by atoms with Gasteiger partial charge in [0.15, 0.2) is 0 Å². The number of carbonyl (C=O) groups is 1. The number of pyridine rings is 1. The maximum absolute atomic E-state index is 15.0. The molecule has 0 bridgehead atoms. The van der Waals surface area contributed by atoms with Gasteiger partial charge in [0.1, 0.15) is 40.0 Å². The molecule has 1 aliphatic rings. The van der Waals surface area contributed by atoms with Crippen molar-refractivity contribution in [3.05, 3.63) is 90.0 Å². The van der Waals surface area contributed by atoms with Gasteiger partial charge < -0.3 is 24.1 Å². The quantitative estimate of drug-likeness (QED) is 0.207. The Morgan fingerprint density at radius 1 is 1.04 bits per heavy atom. The van der Waals surface area contributed by atoms with Crippen LogP contribution in [0.4, 0.5) is 14.5 Å². The number of nitrogens with one attached hydrogen (secondary N) is 1. The van der Waals surface area contributed by atoms with E-state index in [0.717, 1.165) is 10.6 Å². The third kappa shape index (κ3) is 4.97. The standard InChI is InChI=1S/C35H30F2N4O6S/c1-35(2,43)34-41-25-8-6-7-23(37)20(25)16-27(41)31-28(47-34)14-13-24(39-31)21-15-22-29(17-26(21)40(4)48(5,44)45)46-32(30(22)33(42)38-3)18-9-11-19(36)12-10-18/h6-17,34,43H,1-5H3,(H,38,42). The zero-order valence-electron chi connectivity index (χ0n) is 26.5. The van der Waals surface area contributed by atoms with E-state index < -0.39 is 39.4 Å². The number of aliphatic hydroxyl groups is 1. The van der Waals surface area contributed by atoms with Crippen molar-refractivity contribution in [1.29, 1.82) is 0 Å². The van der Waals surface area contributed by atoms with Gasteiger partial charge in [0, 0.05) is 42.1 Å². The monoisotopic (exact) mass is 672 g/mol. The maximum Gasteiger partial charge on any atom is 0.255 e. The molecule has 2 N–H and O–H groups in total. The third-order valence-corrected chi connectivity index (χ3v) is 9.68. The lowest BCUT2D eigenvalue weighted by molar-refractivity contribution is -0.0732. The fourth-order valence-electron chi connectivity index (χ4n) is 6.09. The number of amides is 1. The highest BCUT2D eigenvalue weighted by atomic mass is 32.2.